The van der Waals surface area contributed by atoms with Gasteiger partial charge >= 0.3 is 5.97 Å². The van der Waals surface area contributed by atoms with Crippen molar-refractivity contribution in [1.29, 1.82) is 0 Å². The normalized spacial score (nSPS) is 18.3. The Kier molecular flexibility index (Phi) is 8.92. The van der Waals surface area contributed by atoms with E-state index in [1.807, 2.05) is 13.0 Å². The second-order valence-electron chi connectivity index (χ2n) is 8.18. The number of hydrogen-bond donors (Lipinski definition) is 3. The molecule has 0 saturated carbocycles. The minimum atomic E-state index is -1.09. The highest BCUT2D eigenvalue weighted by atomic mass is 16.4. The molecular formula is C23H31N3O6. The number of ketones is 1. The van der Waals surface area contributed by atoms with Crippen LogP contribution in [0.15, 0.2) is 30.3 Å². The molecule has 9 heteroatoms. The lowest BCUT2D eigenvalue weighted by molar-refractivity contribution is -0.150. The third-order valence-corrected chi connectivity index (χ3v) is 5.79. The standard InChI is InChI=1S/C23H31N3O6/c1-4-14(2)19(22(30)26-12-8-11-17(26)23(31)32)25-21(29)20(28)15(3)24-18(27)13-16-9-6-5-7-10-16/h5-7,9-10,14-15,17,19H,4,8,11-13H2,1-3H3,(H,24,27)(H,25,29)(H,31,32). The molecular weight excluding hydrogens is 414 g/mol. The first-order valence-electron chi connectivity index (χ1n) is 10.9. The Labute approximate surface area is 187 Å². The van der Waals surface area contributed by atoms with Crippen molar-refractivity contribution in [1.82, 2.24) is 15.5 Å². The van der Waals surface area contributed by atoms with Gasteiger partial charge in [0.2, 0.25) is 17.6 Å². The maximum atomic E-state index is 13.0. The van der Waals surface area contributed by atoms with Crippen LogP contribution in [0.5, 0.6) is 0 Å². The van der Waals surface area contributed by atoms with Crippen LogP contribution in [0.4, 0.5) is 0 Å². The molecule has 2 rings (SSSR count). The number of rotatable bonds is 10. The van der Waals surface area contributed by atoms with E-state index in [0.717, 1.165) is 5.56 Å². The largest absolute Gasteiger partial charge is 0.480 e. The smallest absolute Gasteiger partial charge is 0.326 e. The van der Waals surface area contributed by atoms with E-state index in [2.05, 4.69) is 10.6 Å². The number of carboxylic acid groups (broad SMARTS) is 1. The molecule has 32 heavy (non-hydrogen) atoms. The molecule has 9 nitrogen and oxygen atoms in total. The fraction of sp³-hybridized carbons (Fsp3) is 0.522. The van der Waals surface area contributed by atoms with Gasteiger partial charge in [-0.2, -0.15) is 0 Å². The van der Waals surface area contributed by atoms with Crippen LogP contribution in [-0.2, 0) is 30.4 Å². The number of nitrogens with zero attached hydrogens (tertiary/aromatic N) is 1. The number of amides is 3. The van der Waals surface area contributed by atoms with Crippen LogP contribution < -0.4 is 10.6 Å². The van der Waals surface area contributed by atoms with E-state index in [4.69, 9.17) is 0 Å². The van der Waals surface area contributed by atoms with Gasteiger partial charge in [0.25, 0.3) is 5.91 Å². The minimum Gasteiger partial charge on any atom is -0.480 e. The molecule has 3 amide bonds. The molecule has 3 N–H and O–H groups in total. The van der Waals surface area contributed by atoms with Crippen LogP contribution >= 0.6 is 0 Å². The Balaban J connectivity index is 2.02. The SMILES string of the molecule is CCC(C)C(NC(=O)C(=O)C(C)NC(=O)Cc1ccccc1)C(=O)N1CCCC1C(=O)O. The molecule has 4 atom stereocenters. The highest BCUT2D eigenvalue weighted by Gasteiger charge is 2.40. The topological polar surface area (TPSA) is 133 Å². The summed E-state index contributed by atoms with van der Waals surface area (Å²) in [4.78, 5) is 63.1. The number of aliphatic carboxylic acids is 1. The zero-order valence-corrected chi connectivity index (χ0v) is 18.7. The molecule has 0 aromatic heterocycles. The second kappa shape index (κ2) is 11.4. The maximum absolute atomic E-state index is 13.0. The minimum absolute atomic E-state index is 0.0690. The van der Waals surface area contributed by atoms with E-state index >= 15 is 0 Å². The molecule has 0 aliphatic carbocycles. The zero-order chi connectivity index (χ0) is 23.8. The average molecular weight is 446 g/mol. The van der Waals surface area contributed by atoms with Gasteiger partial charge in [-0.1, -0.05) is 50.6 Å². The number of carboxylic acids is 1. The van der Waals surface area contributed by atoms with Gasteiger partial charge in [0.05, 0.1) is 12.5 Å². The van der Waals surface area contributed by atoms with Crippen molar-refractivity contribution in [2.75, 3.05) is 6.54 Å². The molecule has 1 aromatic carbocycles. The molecule has 174 valence electrons. The molecule has 1 saturated heterocycles. The number of nitrogens with one attached hydrogen (secondary N) is 2. The number of hydrogen-bond acceptors (Lipinski definition) is 5. The summed E-state index contributed by atoms with van der Waals surface area (Å²) in [7, 11) is 0. The second-order valence-corrected chi connectivity index (χ2v) is 8.18. The summed E-state index contributed by atoms with van der Waals surface area (Å²) >= 11 is 0. The summed E-state index contributed by atoms with van der Waals surface area (Å²) in [6, 6.07) is 5.96. The van der Waals surface area contributed by atoms with Gasteiger partial charge in [-0.15, -0.1) is 0 Å². The average Bonchev–Trinajstić information content (AvgIpc) is 3.26. The fourth-order valence-corrected chi connectivity index (χ4v) is 3.70. The number of Topliss-reactive ketones (excluding diaryl/α,β-unsaturated/α-hetero) is 1. The van der Waals surface area contributed by atoms with E-state index in [9.17, 15) is 29.1 Å². The number of carbonyl (C=O) groups excluding carboxylic acids is 4. The van der Waals surface area contributed by atoms with Crippen molar-refractivity contribution in [3.05, 3.63) is 35.9 Å². The van der Waals surface area contributed by atoms with Crippen LogP contribution in [0.25, 0.3) is 0 Å². The lowest BCUT2D eigenvalue weighted by Crippen LogP contribution is -2.56. The summed E-state index contributed by atoms with van der Waals surface area (Å²) in [5.74, 6) is -4.16. The summed E-state index contributed by atoms with van der Waals surface area (Å²) in [5.41, 5.74) is 0.773. The van der Waals surface area contributed by atoms with Crippen LogP contribution in [0.3, 0.4) is 0 Å². The molecule has 0 radical (unpaired) electrons. The predicted molar refractivity (Wildman–Crippen MR) is 117 cm³/mol. The first-order chi connectivity index (χ1) is 15.1. The van der Waals surface area contributed by atoms with Crippen molar-refractivity contribution in [2.45, 2.75) is 64.6 Å². The van der Waals surface area contributed by atoms with Crippen LogP contribution in [-0.4, -0.2) is 64.2 Å². The van der Waals surface area contributed by atoms with Gasteiger partial charge in [-0.25, -0.2) is 4.79 Å². The van der Waals surface area contributed by atoms with Gasteiger partial charge in [0.15, 0.2) is 0 Å². The maximum Gasteiger partial charge on any atom is 0.326 e. The third kappa shape index (κ3) is 6.38. The number of benzene rings is 1. The summed E-state index contributed by atoms with van der Waals surface area (Å²) in [6.45, 7) is 5.29. The molecule has 4 unspecified atom stereocenters. The van der Waals surface area contributed by atoms with E-state index in [0.29, 0.717) is 25.8 Å². The highest BCUT2D eigenvalue weighted by molar-refractivity contribution is 6.38. The van der Waals surface area contributed by atoms with E-state index in [1.165, 1.54) is 11.8 Å². The van der Waals surface area contributed by atoms with Crippen LogP contribution in [0.2, 0.25) is 0 Å². The van der Waals surface area contributed by atoms with E-state index < -0.39 is 47.6 Å². The number of carbonyl (C=O) groups is 5. The van der Waals surface area contributed by atoms with Crippen molar-refractivity contribution >= 4 is 29.5 Å². The molecule has 0 spiro atoms. The quantitative estimate of drug-likeness (QED) is 0.459. The molecule has 1 aliphatic heterocycles. The summed E-state index contributed by atoms with van der Waals surface area (Å²) in [5, 5.41) is 14.4. The Morgan fingerprint density at radius 1 is 1.09 bits per heavy atom. The molecule has 0 bridgehead atoms. The van der Waals surface area contributed by atoms with Gasteiger partial charge in [-0.3, -0.25) is 19.2 Å². The highest BCUT2D eigenvalue weighted by Crippen LogP contribution is 2.21. The van der Waals surface area contributed by atoms with Crippen molar-refractivity contribution in [2.24, 2.45) is 5.92 Å². The van der Waals surface area contributed by atoms with Crippen molar-refractivity contribution in [3.63, 3.8) is 0 Å². The van der Waals surface area contributed by atoms with Crippen molar-refractivity contribution < 1.29 is 29.1 Å². The Morgan fingerprint density at radius 3 is 2.34 bits per heavy atom. The zero-order valence-electron chi connectivity index (χ0n) is 18.7. The number of likely N-dealkylation sites (tertiary alicyclic amines) is 1. The summed E-state index contributed by atoms with van der Waals surface area (Å²) < 4.78 is 0. The molecule has 1 aliphatic rings. The van der Waals surface area contributed by atoms with Gasteiger partial charge in [0, 0.05) is 6.54 Å². The first kappa shape index (κ1) is 25.0. The Hall–Kier alpha value is -3.23. The monoisotopic (exact) mass is 445 g/mol. The molecule has 1 aromatic rings. The van der Waals surface area contributed by atoms with Gasteiger partial charge in [0.1, 0.15) is 12.1 Å². The molecule has 1 fully saturated rings. The predicted octanol–water partition coefficient (Wildman–Crippen LogP) is 0.909. The van der Waals surface area contributed by atoms with E-state index in [1.54, 1.807) is 31.2 Å². The lowest BCUT2D eigenvalue weighted by Gasteiger charge is -2.30. The Morgan fingerprint density at radius 2 is 1.75 bits per heavy atom. The van der Waals surface area contributed by atoms with Gasteiger partial charge < -0.3 is 20.6 Å². The van der Waals surface area contributed by atoms with Crippen LogP contribution in [0.1, 0.15) is 45.6 Å². The Bertz CT molecular complexity index is 857. The van der Waals surface area contributed by atoms with Crippen LogP contribution in [0, 0.1) is 5.92 Å². The third-order valence-electron chi connectivity index (χ3n) is 5.79. The summed E-state index contributed by atoms with van der Waals surface area (Å²) in [6.07, 6.45) is 1.53. The lowest BCUT2D eigenvalue weighted by atomic mass is 9.97. The van der Waals surface area contributed by atoms with Gasteiger partial charge in [-0.05, 0) is 31.2 Å². The van der Waals surface area contributed by atoms with E-state index in [-0.39, 0.29) is 12.3 Å². The van der Waals surface area contributed by atoms with Crippen molar-refractivity contribution in [3.8, 4) is 0 Å². The fourth-order valence-electron chi connectivity index (χ4n) is 3.70. The first-order valence-corrected chi connectivity index (χ1v) is 10.9. The molecule has 1 heterocycles.